The smallest absolute Gasteiger partial charge is 0.174 e. The average Bonchev–Trinajstić information content (AvgIpc) is 3.06. The highest BCUT2D eigenvalue weighted by Gasteiger charge is 2.30. The first kappa shape index (κ1) is 15.6. The summed E-state index contributed by atoms with van der Waals surface area (Å²) in [7, 11) is 0. The predicted octanol–water partition coefficient (Wildman–Crippen LogP) is 3.60. The van der Waals surface area contributed by atoms with E-state index < -0.39 is 11.4 Å². The van der Waals surface area contributed by atoms with E-state index in [1.54, 1.807) is 12.1 Å². The first-order chi connectivity index (χ1) is 11.7. The second kappa shape index (κ2) is 6.55. The van der Waals surface area contributed by atoms with Crippen LogP contribution in [0.1, 0.15) is 24.6 Å². The summed E-state index contributed by atoms with van der Waals surface area (Å²) in [6.07, 6.45) is 1.82. The van der Waals surface area contributed by atoms with Crippen molar-refractivity contribution in [2.24, 2.45) is 0 Å². The Morgan fingerprint density at radius 3 is 2.50 bits per heavy atom. The number of para-hydroxylation sites is 2. The van der Waals surface area contributed by atoms with Gasteiger partial charge in [-0.1, -0.05) is 12.1 Å². The van der Waals surface area contributed by atoms with Crippen molar-refractivity contribution in [3.8, 4) is 0 Å². The Morgan fingerprint density at radius 1 is 1.08 bits per heavy atom. The SMILES string of the molecule is [O-][S+](c1ccc(F)cc1)N1CCC(c2nc3ccccc3[nH]2)CC1. The van der Waals surface area contributed by atoms with Crippen molar-refractivity contribution in [2.75, 3.05) is 13.1 Å². The first-order valence-corrected chi connectivity index (χ1v) is 9.18. The fourth-order valence-corrected chi connectivity index (χ4v) is 4.37. The molecule has 0 bridgehead atoms. The number of hydrogen-bond donors (Lipinski definition) is 1. The minimum atomic E-state index is -1.23. The highest BCUT2D eigenvalue weighted by atomic mass is 32.2. The Balaban J connectivity index is 1.43. The van der Waals surface area contributed by atoms with Crippen LogP contribution in [-0.2, 0) is 11.4 Å². The lowest BCUT2D eigenvalue weighted by Gasteiger charge is -2.30. The van der Waals surface area contributed by atoms with Crippen LogP contribution < -0.4 is 0 Å². The summed E-state index contributed by atoms with van der Waals surface area (Å²) in [5.74, 6) is 1.07. The zero-order valence-electron chi connectivity index (χ0n) is 13.1. The molecular weight excluding hydrogens is 325 g/mol. The molecule has 1 atom stereocenters. The number of H-pyrrole nitrogens is 1. The molecule has 1 aliphatic heterocycles. The number of aromatic amines is 1. The number of imidazole rings is 1. The van der Waals surface area contributed by atoms with Gasteiger partial charge in [-0.3, -0.25) is 0 Å². The average molecular weight is 343 g/mol. The molecule has 0 amide bonds. The minimum absolute atomic E-state index is 0.306. The van der Waals surface area contributed by atoms with Crippen LogP contribution in [0.3, 0.4) is 0 Å². The molecule has 1 aromatic heterocycles. The molecule has 1 aliphatic rings. The number of benzene rings is 2. The molecule has 0 saturated carbocycles. The van der Waals surface area contributed by atoms with E-state index in [-0.39, 0.29) is 5.82 Å². The Kier molecular flexibility index (Phi) is 4.26. The number of piperidine rings is 1. The number of nitrogens with one attached hydrogen (secondary N) is 1. The highest BCUT2D eigenvalue weighted by Crippen LogP contribution is 2.30. The first-order valence-electron chi connectivity index (χ1n) is 8.08. The quantitative estimate of drug-likeness (QED) is 0.739. The van der Waals surface area contributed by atoms with Crippen molar-refractivity contribution in [3.63, 3.8) is 0 Å². The molecule has 0 radical (unpaired) electrons. The Bertz CT molecular complexity index is 795. The lowest BCUT2D eigenvalue weighted by Crippen LogP contribution is -2.38. The van der Waals surface area contributed by atoms with Gasteiger partial charge in [0, 0.05) is 19.0 Å². The van der Waals surface area contributed by atoms with Gasteiger partial charge in [0.05, 0.1) is 22.4 Å². The van der Waals surface area contributed by atoms with Crippen molar-refractivity contribution in [1.82, 2.24) is 14.3 Å². The van der Waals surface area contributed by atoms with Crippen LogP contribution >= 0.6 is 0 Å². The third-order valence-electron chi connectivity index (χ3n) is 4.50. The van der Waals surface area contributed by atoms with Gasteiger partial charge >= 0.3 is 0 Å². The summed E-state index contributed by atoms with van der Waals surface area (Å²) in [4.78, 5) is 8.73. The van der Waals surface area contributed by atoms with Gasteiger partial charge in [-0.2, -0.15) is 0 Å². The molecule has 1 N–H and O–H groups in total. The van der Waals surface area contributed by atoms with E-state index >= 15 is 0 Å². The third-order valence-corrected chi connectivity index (χ3v) is 6.01. The van der Waals surface area contributed by atoms with Crippen LogP contribution in [0.15, 0.2) is 53.4 Å². The molecule has 0 aliphatic carbocycles. The van der Waals surface area contributed by atoms with Gasteiger partial charge in [-0.05, 0) is 49.2 Å². The highest BCUT2D eigenvalue weighted by molar-refractivity contribution is 7.89. The molecule has 4 rings (SSSR count). The lowest BCUT2D eigenvalue weighted by molar-refractivity contribution is 0.314. The number of rotatable bonds is 3. The molecule has 2 aromatic carbocycles. The standard InChI is InChI=1S/C18H18FN3OS/c19-14-5-7-15(8-6-14)24(23)22-11-9-13(10-12-22)18-20-16-3-1-2-4-17(16)21-18/h1-8,13H,9-12H2,(H,20,21). The number of nitrogens with zero attached hydrogens (tertiary/aromatic N) is 2. The van der Waals surface area contributed by atoms with Crippen LogP contribution in [-0.4, -0.2) is 31.9 Å². The zero-order valence-corrected chi connectivity index (χ0v) is 13.9. The Labute approximate surface area is 143 Å². The summed E-state index contributed by atoms with van der Waals surface area (Å²) in [5.41, 5.74) is 2.05. The number of halogens is 1. The fourth-order valence-electron chi connectivity index (χ4n) is 3.16. The molecule has 6 heteroatoms. The van der Waals surface area contributed by atoms with Gasteiger partial charge in [-0.15, -0.1) is 4.31 Å². The molecule has 24 heavy (non-hydrogen) atoms. The zero-order chi connectivity index (χ0) is 16.5. The van der Waals surface area contributed by atoms with E-state index in [1.807, 2.05) is 28.6 Å². The van der Waals surface area contributed by atoms with Crippen molar-refractivity contribution < 1.29 is 8.94 Å². The number of fused-ring (bicyclic) bond motifs is 1. The molecule has 1 saturated heterocycles. The van der Waals surface area contributed by atoms with E-state index in [0.717, 1.165) is 42.8 Å². The van der Waals surface area contributed by atoms with Gasteiger partial charge in [0.25, 0.3) is 0 Å². The third kappa shape index (κ3) is 3.05. The van der Waals surface area contributed by atoms with Gasteiger partial charge < -0.3 is 9.54 Å². The van der Waals surface area contributed by atoms with Gasteiger partial charge in [0.15, 0.2) is 4.90 Å². The second-order valence-electron chi connectivity index (χ2n) is 6.05. The monoisotopic (exact) mass is 343 g/mol. The fraction of sp³-hybridized carbons (Fsp3) is 0.278. The summed E-state index contributed by atoms with van der Waals surface area (Å²) < 4.78 is 27.5. The molecule has 1 unspecified atom stereocenters. The summed E-state index contributed by atoms with van der Waals surface area (Å²) >= 11 is -1.23. The van der Waals surface area contributed by atoms with Crippen LogP contribution in [0.5, 0.6) is 0 Å². The number of aromatic nitrogens is 2. The van der Waals surface area contributed by atoms with Crippen molar-refractivity contribution in [1.29, 1.82) is 0 Å². The van der Waals surface area contributed by atoms with E-state index in [4.69, 9.17) is 0 Å². The summed E-state index contributed by atoms with van der Waals surface area (Å²) in [6.45, 7) is 1.48. The molecule has 3 aromatic rings. The lowest BCUT2D eigenvalue weighted by atomic mass is 9.97. The maximum atomic E-state index is 13.0. The van der Waals surface area contributed by atoms with Gasteiger partial charge in [-0.25, -0.2) is 9.37 Å². The van der Waals surface area contributed by atoms with E-state index in [2.05, 4.69) is 9.97 Å². The molecule has 2 heterocycles. The van der Waals surface area contributed by atoms with E-state index in [0.29, 0.717) is 10.8 Å². The van der Waals surface area contributed by atoms with Gasteiger partial charge in [0.1, 0.15) is 11.6 Å². The number of hydrogen-bond acceptors (Lipinski definition) is 3. The summed E-state index contributed by atoms with van der Waals surface area (Å²) in [6, 6.07) is 13.9. The molecule has 124 valence electrons. The van der Waals surface area contributed by atoms with Crippen LogP contribution in [0, 0.1) is 5.82 Å². The van der Waals surface area contributed by atoms with Crippen LogP contribution in [0.4, 0.5) is 4.39 Å². The van der Waals surface area contributed by atoms with E-state index in [9.17, 15) is 8.94 Å². The normalized spacial score (nSPS) is 18.1. The Morgan fingerprint density at radius 2 is 1.79 bits per heavy atom. The molecule has 4 nitrogen and oxygen atoms in total. The van der Waals surface area contributed by atoms with Crippen molar-refractivity contribution in [2.45, 2.75) is 23.7 Å². The molecular formula is C18H18FN3OS. The Hall–Kier alpha value is -1.89. The molecule has 1 fully saturated rings. The van der Waals surface area contributed by atoms with E-state index in [1.165, 1.54) is 12.1 Å². The van der Waals surface area contributed by atoms with Crippen LogP contribution in [0.2, 0.25) is 0 Å². The van der Waals surface area contributed by atoms with Gasteiger partial charge in [0.2, 0.25) is 0 Å². The minimum Gasteiger partial charge on any atom is -0.593 e. The topological polar surface area (TPSA) is 55.0 Å². The van der Waals surface area contributed by atoms with Crippen molar-refractivity contribution in [3.05, 3.63) is 60.2 Å². The molecule has 0 spiro atoms. The predicted molar refractivity (Wildman–Crippen MR) is 92.5 cm³/mol. The second-order valence-corrected chi connectivity index (χ2v) is 7.53. The van der Waals surface area contributed by atoms with Crippen LogP contribution in [0.25, 0.3) is 11.0 Å². The maximum Gasteiger partial charge on any atom is 0.174 e. The largest absolute Gasteiger partial charge is 0.593 e. The maximum absolute atomic E-state index is 13.0. The summed E-state index contributed by atoms with van der Waals surface area (Å²) in [5, 5.41) is 0. The van der Waals surface area contributed by atoms with Crippen molar-refractivity contribution >= 4 is 22.4 Å².